The molecule has 0 heterocycles. The van der Waals surface area contributed by atoms with E-state index in [1.165, 1.54) is 0 Å². The van der Waals surface area contributed by atoms with E-state index in [4.69, 9.17) is 22.3 Å². The number of carbonyl (C=O) groups is 6. The predicted molar refractivity (Wildman–Crippen MR) is 118 cm³/mol. The molecule has 5 amide bonds. The Morgan fingerprint density at radius 1 is 0.758 bits per heavy atom. The van der Waals surface area contributed by atoms with E-state index in [-0.39, 0.29) is 18.3 Å². The first-order valence-corrected chi connectivity index (χ1v) is 10.7. The maximum atomic E-state index is 12.9. The first kappa shape index (κ1) is 29.8. The van der Waals surface area contributed by atoms with Crippen molar-refractivity contribution in [1.29, 1.82) is 0 Å². The fraction of sp³-hybridized carbons (Fsp3) is 0.700. The van der Waals surface area contributed by atoms with E-state index < -0.39 is 72.5 Å². The minimum Gasteiger partial charge on any atom is -0.480 e. The van der Waals surface area contributed by atoms with E-state index in [9.17, 15) is 28.8 Å². The average molecular weight is 473 g/mol. The molecule has 0 bridgehead atoms. The van der Waals surface area contributed by atoms with Gasteiger partial charge < -0.3 is 38.3 Å². The molecule has 0 aromatic carbocycles. The lowest BCUT2D eigenvalue weighted by atomic mass is 9.97. The lowest BCUT2D eigenvalue weighted by Gasteiger charge is -2.26. The van der Waals surface area contributed by atoms with Crippen molar-refractivity contribution in [3.05, 3.63) is 0 Å². The molecule has 0 rings (SSSR count). The van der Waals surface area contributed by atoms with Crippen molar-refractivity contribution in [2.45, 2.75) is 77.5 Å². The molecule has 0 spiro atoms. The largest absolute Gasteiger partial charge is 0.480 e. The number of amides is 5. The predicted octanol–water partition coefficient (Wildman–Crippen LogP) is -2.30. The Balaban J connectivity index is 5.58. The van der Waals surface area contributed by atoms with Gasteiger partial charge in [0.25, 0.3) is 0 Å². The fourth-order valence-electron chi connectivity index (χ4n) is 2.84. The van der Waals surface area contributed by atoms with Crippen molar-refractivity contribution in [2.24, 2.45) is 29.0 Å². The molecule has 0 aromatic rings. The standard InChI is InChI=1S/C20H36N6O7/c1-5-10(4)16(23)19(31)25-11(6-9(2)3)17(29)24-12(7-14(21)27)18(30)26-13(20(32)33)8-15(22)28/h9-13,16H,5-8,23H2,1-4H3,(H2,21,27)(H2,22,28)(H,24,29)(H,25,31)(H,26,30)(H,32,33). The number of carbonyl (C=O) groups excluding carboxylic acids is 5. The molecule has 188 valence electrons. The molecule has 33 heavy (non-hydrogen) atoms. The Morgan fingerprint density at radius 2 is 1.18 bits per heavy atom. The van der Waals surface area contributed by atoms with Crippen LogP contribution in [0.1, 0.15) is 53.4 Å². The molecule has 5 unspecified atom stereocenters. The lowest BCUT2D eigenvalue weighted by Crippen LogP contribution is -2.58. The van der Waals surface area contributed by atoms with E-state index in [1.807, 2.05) is 20.8 Å². The number of rotatable bonds is 15. The number of carboxylic acid groups (broad SMARTS) is 1. The van der Waals surface area contributed by atoms with Crippen LogP contribution in [0.4, 0.5) is 0 Å². The van der Waals surface area contributed by atoms with Gasteiger partial charge >= 0.3 is 5.97 Å². The Hall–Kier alpha value is -3.22. The van der Waals surface area contributed by atoms with Crippen LogP contribution in [0, 0.1) is 11.8 Å². The smallest absolute Gasteiger partial charge is 0.326 e. The molecule has 0 aromatic heterocycles. The van der Waals surface area contributed by atoms with E-state index in [1.54, 1.807) is 6.92 Å². The highest BCUT2D eigenvalue weighted by Gasteiger charge is 2.32. The van der Waals surface area contributed by atoms with Gasteiger partial charge in [-0.05, 0) is 18.3 Å². The third-order valence-electron chi connectivity index (χ3n) is 4.96. The van der Waals surface area contributed by atoms with Crippen LogP contribution >= 0.6 is 0 Å². The van der Waals surface area contributed by atoms with Gasteiger partial charge in [0.2, 0.25) is 29.5 Å². The summed E-state index contributed by atoms with van der Waals surface area (Å²) in [5.41, 5.74) is 16.1. The molecule has 0 radical (unpaired) electrons. The van der Waals surface area contributed by atoms with E-state index in [2.05, 4.69) is 16.0 Å². The van der Waals surface area contributed by atoms with Gasteiger partial charge in [0.1, 0.15) is 18.1 Å². The van der Waals surface area contributed by atoms with Crippen molar-refractivity contribution in [2.75, 3.05) is 0 Å². The molecule has 0 aliphatic carbocycles. The number of nitrogens with two attached hydrogens (primary N) is 3. The molecule has 0 fully saturated rings. The van der Waals surface area contributed by atoms with Gasteiger partial charge in [-0.25, -0.2) is 4.79 Å². The summed E-state index contributed by atoms with van der Waals surface area (Å²) in [4.78, 5) is 71.7. The topological polar surface area (TPSA) is 237 Å². The zero-order valence-electron chi connectivity index (χ0n) is 19.4. The van der Waals surface area contributed by atoms with Gasteiger partial charge in [-0.1, -0.05) is 34.1 Å². The molecule has 0 saturated heterocycles. The Morgan fingerprint density at radius 3 is 1.61 bits per heavy atom. The van der Waals surface area contributed by atoms with Crippen LogP contribution in [-0.2, 0) is 28.8 Å². The number of hydrogen-bond acceptors (Lipinski definition) is 7. The fourth-order valence-corrected chi connectivity index (χ4v) is 2.84. The SMILES string of the molecule is CCC(C)C(N)C(=O)NC(CC(C)C)C(=O)NC(CC(N)=O)C(=O)NC(CC(N)=O)C(=O)O. The highest BCUT2D eigenvalue weighted by molar-refractivity contribution is 5.96. The summed E-state index contributed by atoms with van der Waals surface area (Å²) in [6.07, 6.45) is -0.491. The van der Waals surface area contributed by atoms with Gasteiger partial charge in [-0.2, -0.15) is 0 Å². The molecule has 0 aliphatic rings. The summed E-state index contributed by atoms with van der Waals surface area (Å²) < 4.78 is 0. The molecular weight excluding hydrogens is 436 g/mol. The lowest BCUT2D eigenvalue weighted by molar-refractivity contribution is -0.144. The van der Waals surface area contributed by atoms with E-state index in [0.29, 0.717) is 6.42 Å². The van der Waals surface area contributed by atoms with Gasteiger partial charge in [0.05, 0.1) is 18.9 Å². The van der Waals surface area contributed by atoms with Crippen molar-refractivity contribution in [1.82, 2.24) is 16.0 Å². The number of primary amides is 2. The second-order valence-corrected chi connectivity index (χ2v) is 8.40. The minimum absolute atomic E-state index is 0.0313. The Labute approximate surface area is 192 Å². The van der Waals surface area contributed by atoms with Gasteiger partial charge in [0.15, 0.2) is 0 Å². The normalized spacial score (nSPS) is 15.5. The summed E-state index contributed by atoms with van der Waals surface area (Å²) in [7, 11) is 0. The molecule has 10 N–H and O–H groups in total. The van der Waals surface area contributed by atoms with Crippen molar-refractivity contribution in [3.63, 3.8) is 0 Å². The summed E-state index contributed by atoms with van der Waals surface area (Å²) in [5.74, 6) is -6.01. The molecule has 5 atom stereocenters. The first-order chi connectivity index (χ1) is 15.2. The molecule has 13 nitrogen and oxygen atoms in total. The Kier molecular flexibility index (Phi) is 12.7. The van der Waals surface area contributed by atoms with Crippen LogP contribution in [0.5, 0.6) is 0 Å². The molecule has 0 saturated carbocycles. The second-order valence-electron chi connectivity index (χ2n) is 8.40. The van der Waals surface area contributed by atoms with Crippen LogP contribution in [-0.4, -0.2) is 64.8 Å². The van der Waals surface area contributed by atoms with Gasteiger partial charge in [-0.3, -0.25) is 24.0 Å². The van der Waals surface area contributed by atoms with Gasteiger partial charge in [-0.15, -0.1) is 0 Å². The maximum Gasteiger partial charge on any atom is 0.326 e. The monoisotopic (exact) mass is 472 g/mol. The zero-order chi connectivity index (χ0) is 25.9. The summed E-state index contributed by atoms with van der Waals surface area (Å²) in [6, 6.07) is -5.13. The third kappa shape index (κ3) is 11.3. The van der Waals surface area contributed by atoms with Crippen molar-refractivity contribution in [3.8, 4) is 0 Å². The highest BCUT2D eigenvalue weighted by atomic mass is 16.4. The van der Waals surface area contributed by atoms with Crippen LogP contribution < -0.4 is 33.2 Å². The van der Waals surface area contributed by atoms with Crippen molar-refractivity contribution < 1.29 is 33.9 Å². The van der Waals surface area contributed by atoms with Crippen LogP contribution in [0.15, 0.2) is 0 Å². The molecular formula is C20H36N6O7. The summed E-state index contributed by atoms with van der Waals surface area (Å²) in [6.45, 7) is 7.29. The van der Waals surface area contributed by atoms with Crippen LogP contribution in [0.2, 0.25) is 0 Å². The third-order valence-corrected chi connectivity index (χ3v) is 4.96. The van der Waals surface area contributed by atoms with E-state index in [0.717, 1.165) is 0 Å². The Bertz CT molecular complexity index is 742. The van der Waals surface area contributed by atoms with E-state index >= 15 is 0 Å². The highest BCUT2D eigenvalue weighted by Crippen LogP contribution is 2.09. The quantitative estimate of drug-likeness (QED) is 0.136. The maximum absolute atomic E-state index is 12.9. The zero-order valence-corrected chi connectivity index (χ0v) is 19.4. The number of carboxylic acids is 1. The minimum atomic E-state index is -1.66. The molecule has 13 heteroatoms. The summed E-state index contributed by atoms with van der Waals surface area (Å²) in [5, 5.41) is 16.1. The number of hydrogen-bond donors (Lipinski definition) is 7. The first-order valence-electron chi connectivity index (χ1n) is 10.7. The van der Waals surface area contributed by atoms with Crippen LogP contribution in [0.3, 0.4) is 0 Å². The van der Waals surface area contributed by atoms with Crippen LogP contribution in [0.25, 0.3) is 0 Å². The number of aliphatic carboxylic acids is 1. The second kappa shape index (κ2) is 14.0. The van der Waals surface area contributed by atoms with Gasteiger partial charge in [0, 0.05) is 0 Å². The van der Waals surface area contributed by atoms with Crippen molar-refractivity contribution >= 4 is 35.5 Å². The number of nitrogens with one attached hydrogen (secondary N) is 3. The molecule has 0 aliphatic heterocycles. The summed E-state index contributed by atoms with van der Waals surface area (Å²) >= 11 is 0. The average Bonchev–Trinajstić information content (AvgIpc) is 2.69.